The molecule has 0 spiro atoms. The molecule has 0 fully saturated rings. The maximum Gasteiger partial charge on any atom is 0.416 e. The first-order chi connectivity index (χ1) is 14.4. The molecule has 0 amide bonds. The highest BCUT2D eigenvalue weighted by Gasteiger charge is 2.29. The summed E-state index contributed by atoms with van der Waals surface area (Å²) in [5.74, 6) is 0. The predicted octanol–water partition coefficient (Wildman–Crippen LogP) is 6.89. The fourth-order valence-corrected chi connectivity index (χ4v) is 3.45. The van der Waals surface area contributed by atoms with Gasteiger partial charge in [-0.15, -0.1) is 0 Å². The molecule has 4 aromatic carbocycles. The lowest BCUT2D eigenvalue weighted by atomic mass is 9.95. The van der Waals surface area contributed by atoms with Gasteiger partial charge in [0.05, 0.1) is 11.3 Å². The number of halogens is 3. The highest BCUT2D eigenvalue weighted by Crippen LogP contribution is 2.29. The largest absolute Gasteiger partial charge is 0.416 e. The molecule has 0 atom stereocenters. The van der Waals surface area contributed by atoms with E-state index in [1.165, 1.54) is 12.1 Å². The highest BCUT2D eigenvalue weighted by molar-refractivity contribution is 6.20. The molecule has 30 heavy (non-hydrogen) atoms. The van der Waals surface area contributed by atoms with Crippen molar-refractivity contribution in [1.82, 2.24) is 0 Å². The van der Waals surface area contributed by atoms with Gasteiger partial charge in [-0.05, 0) is 34.5 Å². The van der Waals surface area contributed by atoms with Crippen LogP contribution in [0.4, 0.5) is 18.9 Å². The maximum absolute atomic E-state index is 12.7. The average molecular weight is 404 g/mol. The Hall–Kier alpha value is -3.60. The van der Waals surface area contributed by atoms with Gasteiger partial charge in [0.25, 0.3) is 0 Å². The molecular formula is C25H19F3N2. The predicted molar refractivity (Wildman–Crippen MR) is 115 cm³/mol. The summed E-state index contributed by atoms with van der Waals surface area (Å²) in [6.45, 7) is 0.359. The summed E-state index contributed by atoms with van der Waals surface area (Å²) < 4.78 is 38.2. The lowest BCUT2D eigenvalue weighted by molar-refractivity contribution is -0.137. The first kappa shape index (κ1) is 19.7. The summed E-state index contributed by atoms with van der Waals surface area (Å²) in [7, 11) is 0. The van der Waals surface area contributed by atoms with Gasteiger partial charge in [0.2, 0.25) is 0 Å². The molecule has 4 rings (SSSR count). The quantitative estimate of drug-likeness (QED) is 0.349. The zero-order valence-corrected chi connectivity index (χ0v) is 16.0. The molecule has 0 aliphatic rings. The third-order valence-corrected chi connectivity index (χ3v) is 5.02. The number of benzene rings is 4. The molecule has 0 aliphatic heterocycles. The molecule has 5 heteroatoms. The Morgan fingerprint density at radius 1 is 0.733 bits per heavy atom. The van der Waals surface area contributed by atoms with E-state index in [4.69, 9.17) is 5.41 Å². The van der Waals surface area contributed by atoms with Gasteiger partial charge in [-0.25, -0.2) is 0 Å². The van der Waals surface area contributed by atoms with Crippen molar-refractivity contribution in [2.24, 2.45) is 0 Å². The van der Waals surface area contributed by atoms with Gasteiger partial charge in [0.15, 0.2) is 0 Å². The molecule has 0 unspecified atom stereocenters. The monoisotopic (exact) mass is 404 g/mol. The van der Waals surface area contributed by atoms with Crippen LogP contribution in [-0.2, 0) is 12.7 Å². The number of fused-ring (bicyclic) bond motifs is 1. The molecule has 150 valence electrons. The van der Waals surface area contributed by atoms with Crippen molar-refractivity contribution in [1.29, 1.82) is 5.41 Å². The van der Waals surface area contributed by atoms with E-state index in [1.54, 1.807) is 0 Å². The Morgan fingerprint density at radius 2 is 1.37 bits per heavy atom. The third-order valence-electron chi connectivity index (χ3n) is 5.02. The van der Waals surface area contributed by atoms with Crippen molar-refractivity contribution in [3.63, 3.8) is 0 Å². The molecule has 0 aliphatic carbocycles. The topological polar surface area (TPSA) is 35.9 Å². The van der Waals surface area contributed by atoms with Crippen LogP contribution in [0.1, 0.15) is 22.3 Å². The maximum atomic E-state index is 12.7. The number of para-hydroxylation sites is 1. The average Bonchev–Trinajstić information content (AvgIpc) is 2.77. The second-order valence-electron chi connectivity index (χ2n) is 7.00. The highest BCUT2D eigenvalue weighted by atomic mass is 19.4. The lowest BCUT2D eigenvalue weighted by Crippen LogP contribution is -2.09. The number of nitrogens with one attached hydrogen (secondary N) is 2. The van der Waals surface area contributed by atoms with E-state index in [1.807, 2.05) is 66.7 Å². The van der Waals surface area contributed by atoms with Gasteiger partial charge < -0.3 is 5.32 Å². The van der Waals surface area contributed by atoms with E-state index in [-0.39, 0.29) is 0 Å². The molecule has 2 nitrogen and oxygen atoms in total. The standard InChI is InChI=1S/C25H19F3N2/c26-25(27,28)19-14-12-17(13-15-19)16-30-23-11-4-3-9-22(23)24(29)21-10-5-7-18-6-1-2-8-20(18)21/h1-15,29-30H,16H2. The minimum atomic E-state index is -4.34. The third kappa shape index (κ3) is 4.06. The van der Waals surface area contributed by atoms with Crippen LogP contribution in [-0.4, -0.2) is 5.71 Å². The first-order valence-corrected chi connectivity index (χ1v) is 9.49. The van der Waals surface area contributed by atoms with Crippen molar-refractivity contribution >= 4 is 22.2 Å². The van der Waals surface area contributed by atoms with Gasteiger partial charge in [0, 0.05) is 23.4 Å². The van der Waals surface area contributed by atoms with Crippen molar-refractivity contribution in [2.75, 3.05) is 5.32 Å². The van der Waals surface area contributed by atoms with Gasteiger partial charge >= 0.3 is 6.18 Å². The van der Waals surface area contributed by atoms with E-state index < -0.39 is 11.7 Å². The Kier molecular flexibility index (Phi) is 5.27. The minimum absolute atomic E-state index is 0.359. The molecule has 0 saturated carbocycles. The summed E-state index contributed by atoms with van der Waals surface area (Å²) in [6.07, 6.45) is -4.34. The molecule has 2 N–H and O–H groups in total. The van der Waals surface area contributed by atoms with Crippen LogP contribution < -0.4 is 5.32 Å². The van der Waals surface area contributed by atoms with E-state index in [0.29, 0.717) is 12.3 Å². The van der Waals surface area contributed by atoms with E-state index in [9.17, 15) is 13.2 Å². The Balaban J connectivity index is 1.59. The van der Waals surface area contributed by atoms with Crippen molar-refractivity contribution in [3.05, 3.63) is 113 Å². The zero-order valence-electron chi connectivity index (χ0n) is 16.0. The fraction of sp³-hybridized carbons (Fsp3) is 0.0800. The van der Waals surface area contributed by atoms with Crippen molar-refractivity contribution < 1.29 is 13.2 Å². The molecule has 0 saturated heterocycles. The summed E-state index contributed by atoms with van der Waals surface area (Å²) >= 11 is 0. The molecule has 0 aromatic heterocycles. The molecule has 0 radical (unpaired) electrons. The number of anilines is 1. The molecule has 0 heterocycles. The number of hydrogen-bond acceptors (Lipinski definition) is 2. The van der Waals surface area contributed by atoms with Crippen LogP contribution in [0.15, 0.2) is 91.0 Å². The summed E-state index contributed by atoms with van der Waals surface area (Å²) in [5, 5.41) is 14.1. The number of alkyl halides is 3. The minimum Gasteiger partial charge on any atom is -0.380 e. The number of hydrogen-bond donors (Lipinski definition) is 2. The smallest absolute Gasteiger partial charge is 0.380 e. The molecule has 4 aromatic rings. The lowest BCUT2D eigenvalue weighted by Gasteiger charge is -2.15. The van der Waals surface area contributed by atoms with E-state index >= 15 is 0 Å². The van der Waals surface area contributed by atoms with Gasteiger partial charge in [-0.1, -0.05) is 72.8 Å². The Morgan fingerprint density at radius 3 is 2.13 bits per heavy atom. The Labute approximate surface area is 172 Å². The molecule has 0 bridgehead atoms. The SMILES string of the molecule is N=C(c1ccccc1NCc1ccc(C(F)(F)F)cc1)c1cccc2ccccc12. The van der Waals surface area contributed by atoms with Gasteiger partial charge in [-0.2, -0.15) is 13.2 Å². The van der Waals surface area contributed by atoms with Gasteiger partial charge in [-0.3, -0.25) is 5.41 Å². The van der Waals surface area contributed by atoms with Crippen molar-refractivity contribution in [3.8, 4) is 0 Å². The first-order valence-electron chi connectivity index (χ1n) is 9.49. The summed E-state index contributed by atoms with van der Waals surface area (Å²) in [5.41, 5.74) is 2.79. The normalized spacial score (nSPS) is 11.4. The molecular weight excluding hydrogens is 385 g/mol. The van der Waals surface area contributed by atoms with Crippen LogP contribution >= 0.6 is 0 Å². The summed E-state index contributed by atoms with van der Waals surface area (Å²) in [4.78, 5) is 0. The van der Waals surface area contributed by atoms with Crippen LogP contribution in [0.2, 0.25) is 0 Å². The van der Waals surface area contributed by atoms with Gasteiger partial charge in [0.1, 0.15) is 0 Å². The fourth-order valence-electron chi connectivity index (χ4n) is 3.45. The van der Waals surface area contributed by atoms with Crippen molar-refractivity contribution in [2.45, 2.75) is 12.7 Å². The second kappa shape index (κ2) is 8.03. The van der Waals surface area contributed by atoms with Crippen LogP contribution in [0, 0.1) is 5.41 Å². The van der Waals surface area contributed by atoms with E-state index in [0.717, 1.165) is 45.3 Å². The van der Waals surface area contributed by atoms with Crippen LogP contribution in [0.3, 0.4) is 0 Å². The van der Waals surface area contributed by atoms with E-state index in [2.05, 4.69) is 5.32 Å². The second-order valence-corrected chi connectivity index (χ2v) is 7.00. The van der Waals surface area contributed by atoms with Crippen LogP contribution in [0.25, 0.3) is 10.8 Å². The Bertz CT molecular complexity index is 1190. The van der Waals surface area contributed by atoms with Crippen LogP contribution in [0.5, 0.6) is 0 Å². The summed E-state index contributed by atoms with van der Waals surface area (Å²) in [6, 6.07) is 26.4. The zero-order chi connectivity index (χ0) is 21.1. The number of rotatable bonds is 5.